The lowest BCUT2D eigenvalue weighted by atomic mass is 9.69. The molecule has 1 aromatic carbocycles. The molecule has 2 nitrogen and oxygen atoms in total. The predicted octanol–water partition coefficient (Wildman–Crippen LogP) is 2.93. The molecule has 0 radical (unpaired) electrons. The summed E-state index contributed by atoms with van der Waals surface area (Å²) in [6.45, 7) is 4.08. The van der Waals surface area contributed by atoms with Gasteiger partial charge in [0.05, 0.1) is 0 Å². The van der Waals surface area contributed by atoms with Crippen LogP contribution in [-0.2, 0) is 4.74 Å². The van der Waals surface area contributed by atoms with Crippen LogP contribution in [0.5, 0.6) is 0 Å². The van der Waals surface area contributed by atoms with Gasteiger partial charge in [-0.05, 0) is 29.9 Å². The standard InChI is InChI=1S/C14H18BrNO/c15-13-4-2-1-3-11(13)12-9-16-10-14(12)5-7-17-8-6-14/h1-4,12,16H,5-10H2. The van der Waals surface area contributed by atoms with Crippen molar-refractivity contribution in [1.29, 1.82) is 0 Å². The van der Waals surface area contributed by atoms with Crippen molar-refractivity contribution in [3.8, 4) is 0 Å². The summed E-state index contributed by atoms with van der Waals surface area (Å²) in [6.07, 6.45) is 2.37. The second-order valence-corrected chi connectivity index (χ2v) is 6.03. The van der Waals surface area contributed by atoms with Crippen LogP contribution in [-0.4, -0.2) is 26.3 Å². The molecule has 0 aliphatic carbocycles. The molecule has 1 aromatic rings. The average molecular weight is 296 g/mol. The van der Waals surface area contributed by atoms with Crippen LogP contribution in [0.3, 0.4) is 0 Å². The summed E-state index contributed by atoms with van der Waals surface area (Å²) in [6, 6.07) is 8.65. The van der Waals surface area contributed by atoms with Crippen LogP contribution in [0.15, 0.2) is 28.7 Å². The zero-order valence-electron chi connectivity index (χ0n) is 9.92. The molecule has 0 aromatic heterocycles. The largest absolute Gasteiger partial charge is 0.381 e. The summed E-state index contributed by atoms with van der Waals surface area (Å²) >= 11 is 3.70. The summed E-state index contributed by atoms with van der Waals surface area (Å²) in [4.78, 5) is 0. The van der Waals surface area contributed by atoms with E-state index in [0.29, 0.717) is 11.3 Å². The first-order valence-corrected chi connectivity index (χ1v) is 7.14. The third-order valence-corrected chi connectivity index (χ3v) is 5.06. The molecule has 1 atom stereocenters. The molecule has 0 amide bonds. The molecule has 1 unspecified atom stereocenters. The van der Waals surface area contributed by atoms with Gasteiger partial charge in [-0.15, -0.1) is 0 Å². The third-order valence-electron chi connectivity index (χ3n) is 4.33. The van der Waals surface area contributed by atoms with Gasteiger partial charge in [0.1, 0.15) is 0 Å². The SMILES string of the molecule is Brc1ccccc1C1CNCC12CCOCC2. The Morgan fingerprint density at radius 1 is 1.24 bits per heavy atom. The van der Waals surface area contributed by atoms with E-state index in [1.54, 1.807) is 0 Å². The molecule has 92 valence electrons. The van der Waals surface area contributed by atoms with Crippen LogP contribution < -0.4 is 5.32 Å². The molecule has 2 heterocycles. The summed E-state index contributed by atoms with van der Waals surface area (Å²) in [7, 11) is 0. The van der Waals surface area contributed by atoms with Crippen molar-refractivity contribution in [2.45, 2.75) is 18.8 Å². The highest BCUT2D eigenvalue weighted by Gasteiger charge is 2.44. The lowest BCUT2D eigenvalue weighted by Gasteiger charge is -2.38. The molecule has 1 N–H and O–H groups in total. The molecule has 0 saturated carbocycles. The maximum Gasteiger partial charge on any atom is 0.0472 e. The van der Waals surface area contributed by atoms with Crippen molar-refractivity contribution in [2.75, 3.05) is 26.3 Å². The number of hydrogen-bond donors (Lipinski definition) is 1. The Balaban J connectivity index is 1.94. The van der Waals surface area contributed by atoms with E-state index < -0.39 is 0 Å². The lowest BCUT2D eigenvalue weighted by Crippen LogP contribution is -2.35. The molecule has 2 saturated heterocycles. The van der Waals surface area contributed by atoms with E-state index in [2.05, 4.69) is 45.5 Å². The highest BCUT2D eigenvalue weighted by molar-refractivity contribution is 9.10. The number of hydrogen-bond acceptors (Lipinski definition) is 2. The molecule has 2 fully saturated rings. The van der Waals surface area contributed by atoms with E-state index in [9.17, 15) is 0 Å². The van der Waals surface area contributed by atoms with Crippen molar-refractivity contribution in [3.63, 3.8) is 0 Å². The molecule has 3 heteroatoms. The molecule has 2 aliphatic heterocycles. The Morgan fingerprint density at radius 3 is 2.76 bits per heavy atom. The Morgan fingerprint density at radius 2 is 2.00 bits per heavy atom. The van der Waals surface area contributed by atoms with Crippen molar-refractivity contribution in [3.05, 3.63) is 34.3 Å². The summed E-state index contributed by atoms with van der Waals surface area (Å²) in [5.74, 6) is 0.627. The van der Waals surface area contributed by atoms with Gasteiger partial charge in [0, 0.05) is 36.7 Å². The number of benzene rings is 1. The van der Waals surface area contributed by atoms with E-state index in [-0.39, 0.29) is 0 Å². The zero-order valence-corrected chi connectivity index (χ0v) is 11.5. The first-order chi connectivity index (χ1) is 8.32. The summed E-state index contributed by atoms with van der Waals surface area (Å²) in [5.41, 5.74) is 1.88. The molecule has 3 rings (SSSR count). The molecule has 2 aliphatic rings. The Bertz CT molecular complexity index is 401. The van der Waals surface area contributed by atoms with Gasteiger partial charge in [0.25, 0.3) is 0 Å². The average Bonchev–Trinajstić information content (AvgIpc) is 2.74. The minimum Gasteiger partial charge on any atom is -0.381 e. The monoisotopic (exact) mass is 295 g/mol. The number of ether oxygens (including phenoxy) is 1. The number of nitrogens with one attached hydrogen (secondary N) is 1. The topological polar surface area (TPSA) is 21.3 Å². The molecule has 17 heavy (non-hydrogen) atoms. The Labute approximate surface area is 111 Å². The highest BCUT2D eigenvalue weighted by atomic mass is 79.9. The number of halogens is 1. The van der Waals surface area contributed by atoms with Gasteiger partial charge in [0.15, 0.2) is 0 Å². The van der Waals surface area contributed by atoms with Gasteiger partial charge in [-0.3, -0.25) is 0 Å². The minimum atomic E-state index is 0.419. The molecular formula is C14H18BrNO. The van der Waals surface area contributed by atoms with E-state index in [4.69, 9.17) is 4.74 Å². The van der Waals surface area contributed by atoms with Crippen molar-refractivity contribution < 1.29 is 4.74 Å². The maximum atomic E-state index is 5.53. The van der Waals surface area contributed by atoms with E-state index >= 15 is 0 Å². The zero-order chi connectivity index (χ0) is 11.7. The van der Waals surface area contributed by atoms with Gasteiger partial charge in [-0.25, -0.2) is 0 Å². The third kappa shape index (κ3) is 2.05. The fourth-order valence-corrected chi connectivity index (χ4v) is 3.87. The molecule has 0 bridgehead atoms. The second kappa shape index (κ2) is 4.71. The van der Waals surface area contributed by atoms with Crippen LogP contribution in [0.4, 0.5) is 0 Å². The fraction of sp³-hybridized carbons (Fsp3) is 0.571. The number of rotatable bonds is 1. The first-order valence-electron chi connectivity index (χ1n) is 6.35. The van der Waals surface area contributed by atoms with E-state index in [0.717, 1.165) is 26.3 Å². The summed E-state index contributed by atoms with van der Waals surface area (Å²) in [5, 5.41) is 3.58. The fourth-order valence-electron chi connectivity index (χ4n) is 3.31. The van der Waals surface area contributed by atoms with Crippen LogP contribution in [0.2, 0.25) is 0 Å². The van der Waals surface area contributed by atoms with Crippen LogP contribution in [0.1, 0.15) is 24.3 Å². The van der Waals surface area contributed by atoms with Gasteiger partial charge in [0.2, 0.25) is 0 Å². The van der Waals surface area contributed by atoms with Crippen LogP contribution >= 0.6 is 15.9 Å². The smallest absolute Gasteiger partial charge is 0.0472 e. The van der Waals surface area contributed by atoms with Crippen LogP contribution in [0, 0.1) is 5.41 Å². The molecule has 1 spiro atoms. The van der Waals surface area contributed by atoms with Gasteiger partial charge in [-0.2, -0.15) is 0 Å². The van der Waals surface area contributed by atoms with Crippen molar-refractivity contribution in [1.82, 2.24) is 5.32 Å². The van der Waals surface area contributed by atoms with E-state index in [1.807, 2.05) is 0 Å². The quantitative estimate of drug-likeness (QED) is 0.860. The Kier molecular flexibility index (Phi) is 3.24. The second-order valence-electron chi connectivity index (χ2n) is 5.18. The van der Waals surface area contributed by atoms with Gasteiger partial charge >= 0.3 is 0 Å². The molecular weight excluding hydrogens is 278 g/mol. The first kappa shape index (κ1) is 11.7. The Hall–Kier alpha value is -0.380. The van der Waals surface area contributed by atoms with Gasteiger partial charge in [-0.1, -0.05) is 34.1 Å². The van der Waals surface area contributed by atoms with Gasteiger partial charge < -0.3 is 10.1 Å². The predicted molar refractivity (Wildman–Crippen MR) is 72.2 cm³/mol. The normalized spacial score (nSPS) is 27.5. The van der Waals surface area contributed by atoms with E-state index in [1.165, 1.54) is 22.9 Å². The van der Waals surface area contributed by atoms with Crippen molar-refractivity contribution in [2.24, 2.45) is 5.41 Å². The highest BCUT2D eigenvalue weighted by Crippen LogP contribution is 2.47. The van der Waals surface area contributed by atoms with Crippen LogP contribution in [0.25, 0.3) is 0 Å². The minimum absolute atomic E-state index is 0.419. The van der Waals surface area contributed by atoms with Crippen molar-refractivity contribution >= 4 is 15.9 Å². The maximum absolute atomic E-state index is 5.53. The lowest BCUT2D eigenvalue weighted by molar-refractivity contribution is 0.0164. The summed E-state index contributed by atoms with van der Waals surface area (Å²) < 4.78 is 6.78.